The molecule has 5 heteroatoms. The molecule has 0 aliphatic heterocycles. The largest absolute Gasteiger partial charge is 0.460 e. The molecule has 0 saturated heterocycles. The van der Waals surface area contributed by atoms with Crippen LogP contribution in [0.15, 0.2) is 0 Å². The summed E-state index contributed by atoms with van der Waals surface area (Å²) in [6.07, 6.45) is 2.98. The van der Waals surface area contributed by atoms with E-state index in [0.717, 1.165) is 0 Å². The molecule has 0 radical (unpaired) electrons. The van der Waals surface area contributed by atoms with Crippen molar-refractivity contribution in [3.05, 3.63) is 0 Å². The number of esters is 1. The quantitative estimate of drug-likeness (QED) is 0.313. The van der Waals surface area contributed by atoms with Gasteiger partial charge >= 0.3 is 5.97 Å². The highest BCUT2D eigenvalue weighted by Gasteiger charge is 2.12. The Bertz CT molecular complexity index is 168. The molecule has 0 saturated carbocycles. The van der Waals surface area contributed by atoms with Crippen LogP contribution in [0.2, 0.25) is 0 Å². The van der Waals surface area contributed by atoms with Gasteiger partial charge in [0.25, 0.3) is 0 Å². The lowest BCUT2D eigenvalue weighted by Crippen LogP contribution is -2.34. The molecule has 0 aliphatic rings. The number of hydrogen-bond acceptors (Lipinski definition) is 5. The van der Waals surface area contributed by atoms with Crippen molar-refractivity contribution in [3.8, 4) is 12.2 Å². The Balaban J connectivity index is 3.69. The molecule has 0 amide bonds. The monoisotopic (exact) mass is 145 g/mol. The molecule has 0 fully saturated rings. The van der Waals surface area contributed by atoms with E-state index in [1.165, 1.54) is 6.11 Å². The molecule has 0 rings (SSSR count). The predicted molar refractivity (Wildman–Crippen MR) is 30.9 cm³/mol. The molecule has 0 unspecified atom stereocenters. The molecule has 0 heterocycles. The number of carbonyl (C=O) groups is 1. The lowest BCUT2D eigenvalue weighted by molar-refractivity contribution is -0.139. The minimum Gasteiger partial charge on any atom is -0.460 e. The standard InChI is InChI=1S/C5H7NO4/c6-4(3-8)5(9)10-2-1-7/h4,7-8H,3,6H2/t4-/m0/s1. The van der Waals surface area contributed by atoms with Gasteiger partial charge in [0, 0.05) is 0 Å². The Hall–Kier alpha value is -1.25. The lowest BCUT2D eigenvalue weighted by Gasteiger charge is -2.00. The fourth-order valence-electron chi connectivity index (χ4n) is 0.223. The van der Waals surface area contributed by atoms with E-state index in [1.807, 2.05) is 0 Å². The molecule has 5 nitrogen and oxygen atoms in total. The van der Waals surface area contributed by atoms with Gasteiger partial charge in [0.2, 0.25) is 0 Å². The van der Waals surface area contributed by atoms with Crippen LogP contribution in [0, 0.1) is 12.2 Å². The first kappa shape index (κ1) is 8.75. The molecule has 56 valence electrons. The molecular formula is C5H7NO4. The summed E-state index contributed by atoms with van der Waals surface area (Å²) in [4.78, 5) is 10.4. The van der Waals surface area contributed by atoms with Crippen LogP contribution in [0.3, 0.4) is 0 Å². The summed E-state index contributed by atoms with van der Waals surface area (Å²) in [5.74, 6) is -0.871. The van der Waals surface area contributed by atoms with Crippen LogP contribution in [0.5, 0.6) is 0 Å². The van der Waals surface area contributed by atoms with Gasteiger partial charge in [0.05, 0.1) is 6.61 Å². The zero-order chi connectivity index (χ0) is 7.98. The SMILES string of the molecule is N[C@@H](CO)C(=O)OC#CO. The van der Waals surface area contributed by atoms with E-state index >= 15 is 0 Å². The predicted octanol–water partition coefficient (Wildman–Crippen LogP) is -1.86. The normalized spacial score (nSPS) is 11.0. The lowest BCUT2D eigenvalue weighted by atomic mass is 10.3. The molecular weight excluding hydrogens is 138 g/mol. The fourth-order valence-corrected chi connectivity index (χ4v) is 0.223. The first-order chi connectivity index (χ1) is 4.72. The maximum Gasteiger partial charge on any atom is 0.339 e. The van der Waals surface area contributed by atoms with Crippen molar-refractivity contribution in [1.82, 2.24) is 0 Å². The van der Waals surface area contributed by atoms with Crippen LogP contribution in [-0.4, -0.2) is 28.8 Å². The number of ether oxygens (including phenoxy) is 1. The van der Waals surface area contributed by atoms with Crippen LogP contribution in [0.25, 0.3) is 0 Å². The van der Waals surface area contributed by atoms with Gasteiger partial charge in [-0.15, -0.1) is 0 Å². The molecule has 0 aliphatic carbocycles. The van der Waals surface area contributed by atoms with Crippen LogP contribution in [-0.2, 0) is 9.53 Å². The molecule has 0 aromatic carbocycles. The number of hydrogen-bond donors (Lipinski definition) is 3. The van der Waals surface area contributed by atoms with Crippen molar-refractivity contribution in [3.63, 3.8) is 0 Å². The Labute approximate surface area is 57.4 Å². The van der Waals surface area contributed by atoms with Gasteiger partial charge in [0.15, 0.2) is 12.2 Å². The van der Waals surface area contributed by atoms with E-state index in [4.69, 9.17) is 15.9 Å². The summed E-state index contributed by atoms with van der Waals surface area (Å²) >= 11 is 0. The maximum absolute atomic E-state index is 10.4. The Kier molecular flexibility index (Phi) is 4.04. The van der Waals surface area contributed by atoms with Crippen molar-refractivity contribution in [2.45, 2.75) is 6.04 Å². The molecule has 0 spiro atoms. The number of aliphatic hydroxyl groups excluding tert-OH is 2. The number of nitrogens with two attached hydrogens (primary N) is 1. The third-order valence-corrected chi connectivity index (χ3v) is 0.697. The van der Waals surface area contributed by atoms with Crippen molar-refractivity contribution >= 4 is 5.97 Å². The van der Waals surface area contributed by atoms with E-state index in [9.17, 15) is 4.79 Å². The average molecular weight is 145 g/mol. The van der Waals surface area contributed by atoms with E-state index in [-0.39, 0.29) is 0 Å². The van der Waals surface area contributed by atoms with E-state index in [2.05, 4.69) is 4.74 Å². The molecule has 4 N–H and O–H groups in total. The van der Waals surface area contributed by atoms with Gasteiger partial charge in [-0.25, -0.2) is 4.79 Å². The number of aliphatic hydroxyl groups is 2. The summed E-state index contributed by atoms with van der Waals surface area (Å²) in [6, 6.07) is -1.10. The topological polar surface area (TPSA) is 92.8 Å². The first-order valence-electron chi connectivity index (χ1n) is 2.43. The summed E-state index contributed by atoms with van der Waals surface area (Å²) < 4.78 is 4.01. The molecule has 10 heavy (non-hydrogen) atoms. The molecule has 0 aromatic heterocycles. The van der Waals surface area contributed by atoms with E-state index in [1.54, 1.807) is 6.11 Å². The van der Waals surface area contributed by atoms with Crippen LogP contribution >= 0.6 is 0 Å². The second kappa shape index (κ2) is 4.61. The van der Waals surface area contributed by atoms with Gasteiger partial charge in [0.1, 0.15) is 6.04 Å². The third kappa shape index (κ3) is 2.91. The van der Waals surface area contributed by atoms with E-state index in [0.29, 0.717) is 0 Å². The summed E-state index contributed by atoms with van der Waals surface area (Å²) in [6.45, 7) is -0.508. The zero-order valence-corrected chi connectivity index (χ0v) is 5.07. The van der Waals surface area contributed by atoms with Crippen molar-refractivity contribution in [2.24, 2.45) is 5.73 Å². The third-order valence-electron chi connectivity index (χ3n) is 0.697. The minimum atomic E-state index is -1.10. The van der Waals surface area contributed by atoms with Crippen molar-refractivity contribution in [2.75, 3.05) is 6.61 Å². The second-order valence-electron chi connectivity index (χ2n) is 1.42. The van der Waals surface area contributed by atoms with Gasteiger partial charge in [-0.3, -0.25) is 0 Å². The Morgan fingerprint density at radius 2 is 2.40 bits per heavy atom. The summed E-state index contributed by atoms with van der Waals surface area (Å²) in [5.41, 5.74) is 4.98. The smallest absolute Gasteiger partial charge is 0.339 e. The van der Waals surface area contributed by atoms with Gasteiger partial charge in [-0.1, -0.05) is 0 Å². The Morgan fingerprint density at radius 1 is 1.80 bits per heavy atom. The van der Waals surface area contributed by atoms with Gasteiger partial charge in [-0.2, -0.15) is 0 Å². The van der Waals surface area contributed by atoms with Crippen LogP contribution in [0.1, 0.15) is 0 Å². The number of rotatable bonds is 2. The maximum atomic E-state index is 10.4. The highest BCUT2D eigenvalue weighted by molar-refractivity contribution is 5.76. The van der Waals surface area contributed by atoms with Crippen molar-refractivity contribution < 1.29 is 19.7 Å². The summed E-state index contributed by atoms with van der Waals surface area (Å²) in [5, 5.41) is 16.1. The second-order valence-corrected chi connectivity index (χ2v) is 1.42. The van der Waals surface area contributed by atoms with Crippen LogP contribution in [0.4, 0.5) is 0 Å². The summed E-state index contributed by atoms with van der Waals surface area (Å²) in [7, 11) is 0. The average Bonchev–Trinajstić information content (AvgIpc) is 1.98. The van der Waals surface area contributed by atoms with Gasteiger partial charge in [-0.05, 0) is 0 Å². The fraction of sp³-hybridized carbons (Fsp3) is 0.400. The van der Waals surface area contributed by atoms with E-state index < -0.39 is 18.6 Å². The molecule has 0 bridgehead atoms. The first-order valence-corrected chi connectivity index (χ1v) is 2.43. The van der Waals surface area contributed by atoms with Crippen LogP contribution < -0.4 is 5.73 Å². The zero-order valence-electron chi connectivity index (χ0n) is 5.07. The highest BCUT2D eigenvalue weighted by Crippen LogP contribution is 1.81. The van der Waals surface area contributed by atoms with Crippen molar-refractivity contribution in [1.29, 1.82) is 0 Å². The highest BCUT2D eigenvalue weighted by atomic mass is 16.5. The number of carbonyl (C=O) groups excluding carboxylic acids is 1. The molecule has 0 aromatic rings. The Morgan fingerprint density at radius 3 is 2.80 bits per heavy atom. The van der Waals surface area contributed by atoms with Gasteiger partial charge < -0.3 is 20.7 Å². The minimum absolute atomic E-state index is 0.508. The molecule has 1 atom stereocenters.